The topological polar surface area (TPSA) is 17.1 Å². The van der Waals surface area contributed by atoms with Gasteiger partial charge in [-0.05, 0) is 6.92 Å². The van der Waals surface area contributed by atoms with Crippen molar-refractivity contribution in [3.8, 4) is 0 Å². The highest BCUT2D eigenvalue weighted by atomic mass is 16.1. The van der Waals surface area contributed by atoms with Crippen molar-refractivity contribution in [2.75, 3.05) is 0 Å². The second-order valence-electron chi connectivity index (χ2n) is 2.81. The summed E-state index contributed by atoms with van der Waals surface area (Å²) in [5.74, 6) is 0. The number of hydrogen-bond donors (Lipinski definition) is 0. The first-order valence-corrected chi connectivity index (χ1v) is 4.70. The van der Waals surface area contributed by atoms with Gasteiger partial charge in [0.25, 0.3) is 0 Å². The highest BCUT2D eigenvalue weighted by Gasteiger charge is 1.72. The minimum atomic E-state index is 1.32. The van der Waals surface area contributed by atoms with Crippen LogP contribution in [0.5, 0.6) is 0 Å². The zero-order valence-electron chi connectivity index (χ0n) is 8.97. The van der Waals surface area contributed by atoms with Crippen LogP contribution in [0.15, 0.2) is 66.7 Å². The van der Waals surface area contributed by atoms with Gasteiger partial charge in [-0.2, -0.15) is 0 Å². The molecule has 2 aromatic carbocycles. The Morgan fingerprint density at radius 2 is 0.933 bits per heavy atom. The fourth-order valence-electron chi connectivity index (χ4n) is 0.919. The summed E-state index contributed by atoms with van der Waals surface area (Å²) in [7, 11) is 0. The van der Waals surface area contributed by atoms with Crippen molar-refractivity contribution >= 4 is 6.79 Å². The van der Waals surface area contributed by atoms with Crippen LogP contribution in [0.4, 0.5) is 0 Å². The maximum absolute atomic E-state index is 8.00. The average molecular weight is 200 g/mol. The molecule has 2 rings (SSSR count). The van der Waals surface area contributed by atoms with Gasteiger partial charge in [-0.25, -0.2) is 0 Å². The van der Waals surface area contributed by atoms with Crippen LogP contribution >= 0.6 is 0 Å². The van der Waals surface area contributed by atoms with Gasteiger partial charge in [-0.15, -0.1) is 0 Å². The second kappa shape index (κ2) is 10.2. The van der Waals surface area contributed by atoms with Crippen LogP contribution < -0.4 is 0 Å². The van der Waals surface area contributed by atoms with E-state index in [1.165, 1.54) is 5.56 Å². The van der Waals surface area contributed by atoms with Gasteiger partial charge in [0, 0.05) is 0 Å². The molecule has 0 amide bonds. The number of benzene rings is 2. The molecule has 78 valence electrons. The Morgan fingerprint density at radius 1 is 0.667 bits per heavy atom. The standard InChI is InChI=1S/C7H8.C6H6.CH2O/c1-7-5-3-2-4-6-7;1-2-4-6-5-3-1;1-2/h2-6H,1H3;1-6H;1H2. The van der Waals surface area contributed by atoms with E-state index in [1.54, 1.807) is 0 Å². The summed E-state index contributed by atoms with van der Waals surface area (Å²) < 4.78 is 0. The molecule has 0 aliphatic heterocycles. The first-order chi connectivity index (χ1) is 7.39. The highest BCUT2D eigenvalue weighted by molar-refractivity contribution is 5.11. The van der Waals surface area contributed by atoms with Crippen LogP contribution in [0.1, 0.15) is 5.56 Å². The first-order valence-electron chi connectivity index (χ1n) is 4.70. The Hall–Kier alpha value is -1.89. The van der Waals surface area contributed by atoms with Crippen LogP contribution in [-0.4, -0.2) is 6.79 Å². The molecule has 0 fully saturated rings. The summed E-state index contributed by atoms with van der Waals surface area (Å²) in [5, 5.41) is 0. The number of rotatable bonds is 0. The molecule has 0 unspecified atom stereocenters. The van der Waals surface area contributed by atoms with Crippen LogP contribution in [0, 0.1) is 6.92 Å². The van der Waals surface area contributed by atoms with Gasteiger partial charge in [0.2, 0.25) is 0 Å². The van der Waals surface area contributed by atoms with Crippen LogP contribution in [0.25, 0.3) is 0 Å². The van der Waals surface area contributed by atoms with Gasteiger partial charge in [0.15, 0.2) is 0 Å². The number of aryl methyl sites for hydroxylation is 1. The third-order valence-electron chi connectivity index (χ3n) is 1.61. The van der Waals surface area contributed by atoms with E-state index < -0.39 is 0 Å². The van der Waals surface area contributed by atoms with Gasteiger partial charge >= 0.3 is 0 Å². The largest absolute Gasteiger partial charge is 0.307 e. The molecular weight excluding hydrogens is 184 g/mol. The molecule has 1 heteroatoms. The number of carbonyl (C=O) groups excluding carboxylic acids is 1. The Morgan fingerprint density at radius 3 is 1.13 bits per heavy atom. The molecule has 0 aliphatic rings. The lowest BCUT2D eigenvalue weighted by Crippen LogP contribution is -1.62. The lowest BCUT2D eigenvalue weighted by Gasteiger charge is -1.82. The van der Waals surface area contributed by atoms with Gasteiger partial charge in [-0.1, -0.05) is 72.3 Å². The third kappa shape index (κ3) is 8.44. The molecule has 0 aliphatic carbocycles. The van der Waals surface area contributed by atoms with Gasteiger partial charge in [0.05, 0.1) is 0 Å². The van der Waals surface area contributed by atoms with E-state index in [1.807, 2.05) is 61.4 Å². The monoisotopic (exact) mass is 200 g/mol. The fourth-order valence-corrected chi connectivity index (χ4v) is 0.919. The second-order valence-corrected chi connectivity index (χ2v) is 2.81. The molecule has 0 spiro atoms. The SMILES string of the molecule is C=O.Cc1ccccc1.c1ccccc1. The first kappa shape index (κ1) is 13.1. The van der Waals surface area contributed by atoms with Crippen molar-refractivity contribution in [1.29, 1.82) is 0 Å². The van der Waals surface area contributed by atoms with Crippen LogP contribution in [0.3, 0.4) is 0 Å². The number of carbonyl (C=O) groups is 1. The van der Waals surface area contributed by atoms with E-state index in [-0.39, 0.29) is 0 Å². The van der Waals surface area contributed by atoms with E-state index in [9.17, 15) is 0 Å². The molecular formula is C14H16O. The van der Waals surface area contributed by atoms with Gasteiger partial charge < -0.3 is 4.79 Å². The predicted octanol–water partition coefficient (Wildman–Crippen LogP) is 3.50. The maximum Gasteiger partial charge on any atom is 0.106 e. The fraction of sp³-hybridized carbons (Fsp3) is 0.0714. The molecule has 15 heavy (non-hydrogen) atoms. The summed E-state index contributed by atoms with van der Waals surface area (Å²) in [6, 6.07) is 22.3. The molecule has 2 aromatic rings. The molecule has 0 aromatic heterocycles. The molecule has 0 heterocycles. The zero-order valence-corrected chi connectivity index (χ0v) is 8.97. The predicted molar refractivity (Wildman–Crippen MR) is 64.7 cm³/mol. The van der Waals surface area contributed by atoms with E-state index in [0.717, 1.165) is 0 Å². The van der Waals surface area contributed by atoms with Crippen LogP contribution in [-0.2, 0) is 4.79 Å². The van der Waals surface area contributed by atoms with Crippen molar-refractivity contribution in [2.45, 2.75) is 6.92 Å². The lowest BCUT2D eigenvalue weighted by atomic mass is 10.2. The van der Waals surface area contributed by atoms with Crippen molar-refractivity contribution in [2.24, 2.45) is 0 Å². The van der Waals surface area contributed by atoms with Crippen molar-refractivity contribution < 1.29 is 4.79 Å². The Labute approximate surface area is 91.4 Å². The molecule has 1 nitrogen and oxygen atoms in total. The molecule has 0 bridgehead atoms. The summed E-state index contributed by atoms with van der Waals surface area (Å²) in [5.41, 5.74) is 1.32. The average Bonchev–Trinajstić information content (AvgIpc) is 2.36. The Balaban J connectivity index is 0.000000227. The van der Waals surface area contributed by atoms with Crippen molar-refractivity contribution in [1.82, 2.24) is 0 Å². The molecule has 0 atom stereocenters. The summed E-state index contributed by atoms with van der Waals surface area (Å²) in [6.45, 7) is 4.08. The van der Waals surface area contributed by atoms with E-state index in [4.69, 9.17) is 4.79 Å². The minimum Gasteiger partial charge on any atom is -0.307 e. The summed E-state index contributed by atoms with van der Waals surface area (Å²) in [6.07, 6.45) is 0. The van der Waals surface area contributed by atoms with Gasteiger partial charge in [0.1, 0.15) is 6.79 Å². The molecule has 0 N–H and O–H groups in total. The lowest BCUT2D eigenvalue weighted by molar-refractivity contribution is -0.0979. The highest BCUT2D eigenvalue weighted by Crippen LogP contribution is 1.92. The Kier molecular flexibility index (Phi) is 8.91. The van der Waals surface area contributed by atoms with E-state index in [0.29, 0.717) is 0 Å². The third-order valence-corrected chi connectivity index (χ3v) is 1.61. The normalized spacial score (nSPS) is 7.53. The minimum absolute atomic E-state index is 1.32. The summed E-state index contributed by atoms with van der Waals surface area (Å²) >= 11 is 0. The maximum atomic E-state index is 8.00. The van der Waals surface area contributed by atoms with Gasteiger partial charge in [-0.3, -0.25) is 0 Å². The Bertz CT molecular complexity index is 289. The van der Waals surface area contributed by atoms with Crippen LogP contribution in [0.2, 0.25) is 0 Å². The quantitative estimate of drug-likeness (QED) is 0.636. The van der Waals surface area contributed by atoms with E-state index >= 15 is 0 Å². The smallest absolute Gasteiger partial charge is 0.106 e. The van der Waals surface area contributed by atoms with Crippen molar-refractivity contribution in [3.63, 3.8) is 0 Å². The molecule has 0 saturated heterocycles. The summed E-state index contributed by atoms with van der Waals surface area (Å²) in [4.78, 5) is 8.00. The molecule has 0 saturated carbocycles. The molecule has 0 radical (unpaired) electrons. The van der Waals surface area contributed by atoms with E-state index in [2.05, 4.69) is 19.1 Å². The zero-order chi connectivity index (χ0) is 11.4. The van der Waals surface area contributed by atoms with Crippen molar-refractivity contribution in [3.05, 3.63) is 72.3 Å². The number of hydrogen-bond acceptors (Lipinski definition) is 1.